The Bertz CT molecular complexity index is 820. The van der Waals surface area contributed by atoms with E-state index in [2.05, 4.69) is 16.2 Å². The molecule has 0 amide bonds. The van der Waals surface area contributed by atoms with Gasteiger partial charge in [0, 0.05) is 17.6 Å². The average molecular weight is 264 g/mol. The molecule has 1 aliphatic carbocycles. The van der Waals surface area contributed by atoms with Crippen molar-refractivity contribution in [2.24, 2.45) is 0 Å². The van der Waals surface area contributed by atoms with Crippen LogP contribution in [0.25, 0.3) is 10.9 Å². The zero-order valence-electron chi connectivity index (χ0n) is 10.8. The number of nitriles is 1. The van der Waals surface area contributed by atoms with Gasteiger partial charge in [0.15, 0.2) is 5.82 Å². The lowest BCUT2D eigenvalue weighted by Crippen LogP contribution is -1.98. The predicted molar refractivity (Wildman–Crippen MR) is 72.0 cm³/mol. The molecular weight excluding hydrogens is 252 g/mol. The number of hydrogen-bond acceptors (Lipinski definition) is 4. The zero-order valence-corrected chi connectivity index (χ0v) is 10.8. The molecule has 3 aromatic rings. The molecule has 0 radical (unpaired) electrons. The minimum absolute atomic E-state index is 0.499. The molecule has 0 spiro atoms. The van der Waals surface area contributed by atoms with E-state index in [1.165, 1.54) is 0 Å². The second kappa shape index (κ2) is 4.20. The third-order valence-electron chi connectivity index (χ3n) is 3.63. The smallest absolute Gasteiger partial charge is 0.246 e. The monoisotopic (exact) mass is 264 g/mol. The van der Waals surface area contributed by atoms with Crippen molar-refractivity contribution in [3.8, 4) is 6.07 Å². The van der Waals surface area contributed by atoms with Crippen LogP contribution in [0.1, 0.15) is 36.0 Å². The molecule has 0 saturated heterocycles. The molecule has 1 aliphatic rings. The van der Waals surface area contributed by atoms with Gasteiger partial charge in [-0.25, -0.2) is 0 Å². The van der Waals surface area contributed by atoms with Crippen LogP contribution in [0.3, 0.4) is 0 Å². The van der Waals surface area contributed by atoms with Crippen molar-refractivity contribution >= 4 is 10.9 Å². The number of hydrogen-bond donors (Lipinski definition) is 0. The third-order valence-corrected chi connectivity index (χ3v) is 3.63. The minimum atomic E-state index is 0.499. The average Bonchev–Trinajstić information content (AvgIpc) is 3.11. The zero-order chi connectivity index (χ0) is 13.5. The molecule has 2 heterocycles. The maximum absolute atomic E-state index is 8.99. The molecular formula is C15H12N4O. The Morgan fingerprint density at radius 3 is 3.05 bits per heavy atom. The Hall–Kier alpha value is -2.61. The fourth-order valence-corrected chi connectivity index (χ4v) is 2.38. The van der Waals surface area contributed by atoms with Crippen LogP contribution < -0.4 is 0 Å². The highest BCUT2D eigenvalue weighted by Gasteiger charge is 2.28. The third kappa shape index (κ3) is 1.86. The molecule has 0 aliphatic heterocycles. The van der Waals surface area contributed by atoms with Crippen LogP contribution in [-0.4, -0.2) is 14.7 Å². The summed E-state index contributed by atoms with van der Waals surface area (Å²) in [6, 6.07) is 9.84. The predicted octanol–water partition coefficient (Wildman–Crippen LogP) is 2.82. The number of fused-ring (bicyclic) bond motifs is 1. The number of aromatic nitrogens is 3. The maximum Gasteiger partial charge on any atom is 0.246 e. The molecule has 0 N–H and O–H groups in total. The van der Waals surface area contributed by atoms with Gasteiger partial charge in [-0.1, -0.05) is 11.2 Å². The van der Waals surface area contributed by atoms with Gasteiger partial charge in [-0.05, 0) is 36.4 Å². The first kappa shape index (κ1) is 11.2. The highest BCUT2D eigenvalue weighted by atomic mass is 16.5. The Kier molecular flexibility index (Phi) is 2.36. The van der Waals surface area contributed by atoms with E-state index >= 15 is 0 Å². The van der Waals surface area contributed by atoms with Crippen LogP contribution in [0.2, 0.25) is 0 Å². The molecule has 4 rings (SSSR count). The van der Waals surface area contributed by atoms with Crippen LogP contribution in [0.5, 0.6) is 0 Å². The van der Waals surface area contributed by atoms with E-state index in [4.69, 9.17) is 9.78 Å². The van der Waals surface area contributed by atoms with Gasteiger partial charge in [0.25, 0.3) is 0 Å². The quantitative estimate of drug-likeness (QED) is 0.729. The lowest BCUT2D eigenvalue weighted by Gasteiger charge is -2.01. The first-order chi connectivity index (χ1) is 9.83. The molecule has 1 aromatic carbocycles. The van der Waals surface area contributed by atoms with E-state index in [0.29, 0.717) is 23.9 Å². The normalized spacial score (nSPS) is 14.6. The first-order valence-corrected chi connectivity index (χ1v) is 6.65. The molecule has 0 unspecified atom stereocenters. The number of nitrogens with zero attached hydrogens (tertiary/aromatic N) is 4. The van der Waals surface area contributed by atoms with Crippen LogP contribution >= 0.6 is 0 Å². The van der Waals surface area contributed by atoms with E-state index in [1.807, 2.05) is 35.0 Å². The molecule has 98 valence electrons. The SMILES string of the molecule is N#Cc1ccc2ccn(Cc3nc(C4CC4)no3)c2c1. The summed E-state index contributed by atoms with van der Waals surface area (Å²) in [7, 11) is 0. The fourth-order valence-electron chi connectivity index (χ4n) is 2.38. The van der Waals surface area contributed by atoms with Gasteiger partial charge in [-0.3, -0.25) is 0 Å². The van der Waals surface area contributed by atoms with Gasteiger partial charge in [-0.15, -0.1) is 0 Å². The first-order valence-electron chi connectivity index (χ1n) is 6.65. The van der Waals surface area contributed by atoms with Crippen LogP contribution in [0.15, 0.2) is 35.0 Å². The van der Waals surface area contributed by atoms with E-state index in [-0.39, 0.29) is 0 Å². The van der Waals surface area contributed by atoms with Crippen molar-refractivity contribution < 1.29 is 4.52 Å². The van der Waals surface area contributed by atoms with E-state index in [1.54, 1.807) is 0 Å². The summed E-state index contributed by atoms with van der Waals surface area (Å²) in [4.78, 5) is 4.43. The van der Waals surface area contributed by atoms with E-state index in [0.717, 1.165) is 29.6 Å². The van der Waals surface area contributed by atoms with Crippen LogP contribution in [0.4, 0.5) is 0 Å². The molecule has 5 nitrogen and oxygen atoms in total. The lowest BCUT2D eigenvalue weighted by molar-refractivity contribution is 0.367. The number of rotatable bonds is 3. The molecule has 1 saturated carbocycles. The van der Waals surface area contributed by atoms with Crippen LogP contribution in [-0.2, 0) is 6.54 Å². The van der Waals surface area contributed by atoms with Crippen LogP contribution in [0, 0.1) is 11.3 Å². The standard InChI is InChI=1S/C15H12N4O/c16-8-10-1-2-11-5-6-19(13(11)7-10)9-14-17-15(18-20-14)12-3-4-12/h1-2,5-7,12H,3-4,9H2. The molecule has 2 aromatic heterocycles. The Morgan fingerprint density at radius 2 is 2.25 bits per heavy atom. The van der Waals surface area contributed by atoms with Gasteiger partial charge in [0.2, 0.25) is 5.89 Å². The summed E-state index contributed by atoms with van der Waals surface area (Å²) < 4.78 is 7.33. The fraction of sp³-hybridized carbons (Fsp3) is 0.267. The molecule has 5 heteroatoms. The van der Waals surface area contributed by atoms with Crippen molar-refractivity contribution in [2.75, 3.05) is 0 Å². The summed E-state index contributed by atoms with van der Waals surface area (Å²) in [5.74, 6) is 1.94. The van der Waals surface area contributed by atoms with Gasteiger partial charge in [-0.2, -0.15) is 10.2 Å². The second-order valence-electron chi connectivity index (χ2n) is 5.15. The molecule has 0 atom stereocenters. The van der Waals surface area contributed by atoms with Gasteiger partial charge >= 0.3 is 0 Å². The molecule has 20 heavy (non-hydrogen) atoms. The highest BCUT2D eigenvalue weighted by Crippen LogP contribution is 2.38. The van der Waals surface area contributed by atoms with Crippen molar-refractivity contribution in [2.45, 2.75) is 25.3 Å². The van der Waals surface area contributed by atoms with Gasteiger partial charge in [0.1, 0.15) is 6.54 Å². The van der Waals surface area contributed by atoms with Crippen molar-refractivity contribution in [3.05, 3.63) is 47.7 Å². The largest absolute Gasteiger partial charge is 0.338 e. The van der Waals surface area contributed by atoms with Crippen molar-refractivity contribution in [1.29, 1.82) is 5.26 Å². The van der Waals surface area contributed by atoms with Crippen molar-refractivity contribution in [3.63, 3.8) is 0 Å². The van der Waals surface area contributed by atoms with E-state index < -0.39 is 0 Å². The summed E-state index contributed by atoms with van der Waals surface area (Å²) >= 11 is 0. The highest BCUT2D eigenvalue weighted by molar-refractivity contribution is 5.81. The maximum atomic E-state index is 8.99. The topological polar surface area (TPSA) is 67.6 Å². The van der Waals surface area contributed by atoms with Gasteiger partial charge in [0.05, 0.1) is 11.6 Å². The Labute approximate surface area is 115 Å². The summed E-state index contributed by atoms with van der Waals surface area (Å²) in [5.41, 5.74) is 1.66. The molecule has 0 bridgehead atoms. The summed E-state index contributed by atoms with van der Waals surface area (Å²) in [6.45, 7) is 0.540. The Morgan fingerprint density at radius 1 is 1.35 bits per heavy atom. The second-order valence-corrected chi connectivity index (χ2v) is 5.15. The summed E-state index contributed by atoms with van der Waals surface area (Å²) in [5, 5.41) is 14.1. The number of benzene rings is 1. The summed E-state index contributed by atoms with van der Waals surface area (Å²) in [6.07, 6.45) is 4.31. The minimum Gasteiger partial charge on any atom is -0.338 e. The van der Waals surface area contributed by atoms with Crippen molar-refractivity contribution in [1.82, 2.24) is 14.7 Å². The lowest BCUT2D eigenvalue weighted by atomic mass is 10.2. The Balaban J connectivity index is 1.68. The molecule has 1 fully saturated rings. The van der Waals surface area contributed by atoms with E-state index in [9.17, 15) is 0 Å². The van der Waals surface area contributed by atoms with Gasteiger partial charge < -0.3 is 9.09 Å².